The number of hydrogen-bond donors (Lipinski definition) is 0. The van der Waals surface area contributed by atoms with Gasteiger partial charge in [-0.05, 0) is 29.8 Å². The molecule has 0 atom stereocenters. The van der Waals surface area contributed by atoms with Gasteiger partial charge in [0.15, 0.2) is 5.70 Å². The number of anilines is 1. The molecule has 9 heteroatoms. The summed E-state index contributed by atoms with van der Waals surface area (Å²) < 4.78 is 15.7. The Morgan fingerprint density at radius 3 is 2.31 bits per heavy atom. The van der Waals surface area contributed by atoms with Crippen molar-refractivity contribution in [3.63, 3.8) is 0 Å². The van der Waals surface area contributed by atoms with Crippen molar-refractivity contribution in [3.05, 3.63) is 63.3 Å². The van der Waals surface area contributed by atoms with Gasteiger partial charge in [0.25, 0.3) is 5.69 Å². The quantitative estimate of drug-likeness (QED) is 0.319. The summed E-state index contributed by atoms with van der Waals surface area (Å²) in [7, 11) is 6.45. The Bertz CT molecular complexity index is 1020. The van der Waals surface area contributed by atoms with Gasteiger partial charge >= 0.3 is 5.97 Å². The van der Waals surface area contributed by atoms with Crippen LogP contribution >= 0.6 is 0 Å². The van der Waals surface area contributed by atoms with Crippen molar-refractivity contribution in [2.24, 2.45) is 4.99 Å². The van der Waals surface area contributed by atoms with Crippen LogP contribution in [0.1, 0.15) is 11.1 Å². The van der Waals surface area contributed by atoms with Crippen molar-refractivity contribution in [3.8, 4) is 11.5 Å². The molecule has 0 fully saturated rings. The summed E-state index contributed by atoms with van der Waals surface area (Å²) in [4.78, 5) is 29.0. The lowest BCUT2D eigenvalue weighted by molar-refractivity contribution is -0.384. The number of nitro groups is 1. The first-order chi connectivity index (χ1) is 13.8. The van der Waals surface area contributed by atoms with E-state index in [0.717, 1.165) is 0 Å². The minimum absolute atomic E-state index is 0.0358. The molecule has 0 amide bonds. The minimum Gasteiger partial charge on any atom is -0.497 e. The van der Waals surface area contributed by atoms with Crippen molar-refractivity contribution >= 4 is 29.3 Å². The monoisotopic (exact) mass is 397 g/mol. The van der Waals surface area contributed by atoms with Gasteiger partial charge in [-0.15, -0.1) is 0 Å². The lowest BCUT2D eigenvalue weighted by Gasteiger charge is -2.12. The molecular weight excluding hydrogens is 378 g/mol. The van der Waals surface area contributed by atoms with Crippen LogP contribution in [0.3, 0.4) is 0 Å². The normalized spacial score (nSPS) is 14.4. The van der Waals surface area contributed by atoms with Crippen LogP contribution in [0.25, 0.3) is 6.08 Å². The molecule has 9 nitrogen and oxygen atoms in total. The molecule has 0 spiro atoms. The molecule has 0 bridgehead atoms. The average molecular weight is 397 g/mol. The van der Waals surface area contributed by atoms with Crippen LogP contribution in [0, 0.1) is 10.1 Å². The van der Waals surface area contributed by atoms with Crippen molar-refractivity contribution in [2.75, 3.05) is 33.2 Å². The summed E-state index contributed by atoms with van der Waals surface area (Å²) in [6.07, 6.45) is 1.44. The topological polar surface area (TPSA) is 104 Å². The number of ether oxygens (including phenoxy) is 3. The summed E-state index contributed by atoms with van der Waals surface area (Å²) in [6.45, 7) is 0. The first-order valence-electron chi connectivity index (χ1n) is 8.54. The fourth-order valence-electron chi connectivity index (χ4n) is 2.78. The van der Waals surface area contributed by atoms with Gasteiger partial charge in [-0.2, -0.15) is 0 Å². The smallest absolute Gasteiger partial charge is 0.363 e. The molecule has 0 radical (unpaired) electrons. The molecule has 150 valence electrons. The lowest BCUT2D eigenvalue weighted by atomic mass is 10.1. The highest BCUT2D eigenvalue weighted by molar-refractivity contribution is 6.13. The van der Waals surface area contributed by atoms with E-state index < -0.39 is 10.9 Å². The van der Waals surface area contributed by atoms with E-state index in [4.69, 9.17) is 14.2 Å². The molecule has 0 aromatic heterocycles. The molecule has 1 aliphatic heterocycles. The Balaban J connectivity index is 1.99. The molecular formula is C20H19N3O6. The van der Waals surface area contributed by atoms with E-state index in [1.807, 2.05) is 0 Å². The van der Waals surface area contributed by atoms with E-state index in [-0.39, 0.29) is 17.3 Å². The van der Waals surface area contributed by atoms with Gasteiger partial charge in [-0.3, -0.25) is 10.1 Å². The van der Waals surface area contributed by atoms with Crippen LogP contribution in [0.5, 0.6) is 11.5 Å². The first kappa shape index (κ1) is 19.9. The maximum Gasteiger partial charge on any atom is 0.363 e. The van der Waals surface area contributed by atoms with Crippen LogP contribution in [-0.4, -0.2) is 45.1 Å². The molecule has 0 saturated carbocycles. The van der Waals surface area contributed by atoms with Gasteiger partial charge in [-0.1, -0.05) is 6.07 Å². The van der Waals surface area contributed by atoms with E-state index in [1.54, 1.807) is 49.3 Å². The molecule has 2 aromatic rings. The number of hydrogen-bond acceptors (Lipinski definition) is 8. The van der Waals surface area contributed by atoms with Gasteiger partial charge in [0.1, 0.15) is 17.2 Å². The lowest BCUT2D eigenvalue weighted by Crippen LogP contribution is -2.11. The number of nitrogens with zero attached hydrogens (tertiary/aromatic N) is 3. The summed E-state index contributed by atoms with van der Waals surface area (Å²) in [5.41, 5.74) is 1.39. The van der Waals surface area contributed by atoms with Gasteiger partial charge in [0, 0.05) is 31.8 Å². The third kappa shape index (κ3) is 4.18. The maximum atomic E-state index is 12.3. The second kappa shape index (κ2) is 8.01. The number of esters is 1. The molecule has 1 heterocycles. The summed E-state index contributed by atoms with van der Waals surface area (Å²) in [5, 5.41) is 11.4. The Kier molecular flexibility index (Phi) is 5.49. The van der Waals surface area contributed by atoms with Crippen molar-refractivity contribution in [1.29, 1.82) is 0 Å². The number of carbonyl (C=O) groups excluding carboxylic acids is 1. The predicted molar refractivity (Wildman–Crippen MR) is 108 cm³/mol. The fraction of sp³-hybridized carbons (Fsp3) is 0.200. The Morgan fingerprint density at radius 1 is 1.10 bits per heavy atom. The predicted octanol–water partition coefficient (Wildman–Crippen LogP) is 3.02. The van der Waals surface area contributed by atoms with Crippen LogP contribution < -0.4 is 14.4 Å². The van der Waals surface area contributed by atoms with Gasteiger partial charge in [0.2, 0.25) is 5.90 Å². The molecule has 29 heavy (non-hydrogen) atoms. The first-order valence-corrected chi connectivity index (χ1v) is 8.54. The zero-order valence-electron chi connectivity index (χ0n) is 16.3. The van der Waals surface area contributed by atoms with Crippen LogP contribution in [0.2, 0.25) is 0 Å². The summed E-state index contributed by atoms with van der Waals surface area (Å²) >= 11 is 0. The fourth-order valence-corrected chi connectivity index (χ4v) is 2.78. The van der Waals surface area contributed by atoms with Crippen LogP contribution in [-0.2, 0) is 9.53 Å². The second-order valence-corrected chi connectivity index (χ2v) is 6.34. The Hall–Kier alpha value is -3.88. The Morgan fingerprint density at radius 2 is 1.76 bits per heavy atom. The van der Waals surface area contributed by atoms with Crippen LogP contribution in [0.15, 0.2) is 47.1 Å². The number of aliphatic imine (C=N–C) groups is 1. The van der Waals surface area contributed by atoms with E-state index in [9.17, 15) is 14.9 Å². The highest BCUT2D eigenvalue weighted by atomic mass is 16.6. The summed E-state index contributed by atoms with van der Waals surface area (Å²) in [5.74, 6) is 0.481. The highest BCUT2D eigenvalue weighted by Gasteiger charge is 2.25. The minimum atomic E-state index is -0.652. The highest BCUT2D eigenvalue weighted by Crippen LogP contribution is 2.30. The maximum absolute atomic E-state index is 12.3. The average Bonchev–Trinajstić information content (AvgIpc) is 3.07. The van der Waals surface area contributed by atoms with Gasteiger partial charge < -0.3 is 19.1 Å². The Labute approximate surface area is 167 Å². The number of nitro benzene ring substituents is 1. The second-order valence-electron chi connectivity index (χ2n) is 6.34. The van der Waals surface area contributed by atoms with Crippen molar-refractivity contribution in [2.45, 2.75) is 0 Å². The van der Waals surface area contributed by atoms with Gasteiger partial charge in [-0.25, -0.2) is 9.79 Å². The molecule has 0 unspecified atom stereocenters. The molecule has 0 N–H and O–H groups in total. The zero-order chi connectivity index (χ0) is 21.1. The van der Waals surface area contributed by atoms with Crippen LogP contribution in [0.4, 0.5) is 11.4 Å². The van der Waals surface area contributed by atoms with E-state index in [1.165, 1.54) is 26.4 Å². The SMILES string of the molecule is COc1cc(OC)cc(C2=N/C(=C\c3ccc(N(C)C)c([N+](=O)[O-])c3)C(=O)O2)c1. The summed E-state index contributed by atoms with van der Waals surface area (Å²) in [6, 6.07) is 9.68. The van der Waals surface area contributed by atoms with Crippen molar-refractivity contribution < 1.29 is 23.9 Å². The number of rotatable bonds is 6. The molecule has 0 aliphatic carbocycles. The number of cyclic esters (lactones) is 1. The molecule has 1 aliphatic rings. The van der Waals surface area contributed by atoms with E-state index in [0.29, 0.717) is 28.3 Å². The molecule has 0 saturated heterocycles. The zero-order valence-corrected chi connectivity index (χ0v) is 16.3. The number of carbonyl (C=O) groups is 1. The molecule has 3 rings (SSSR count). The standard InChI is InChI=1S/C20H19N3O6/c1-22(2)17-6-5-12(8-18(17)23(25)26)7-16-20(24)29-19(21-16)13-9-14(27-3)11-15(10-13)28-4/h5-11H,1-4H3/b16-7-. The number of methoxy groups -OCH3 is 2. The largest absolute Gasteiger partial charge is 0.497 e. The molecule has 2 aromatic carbocycles. The third-order valence-corrected chi connectivity index (χ3v) is 4.20. The van der Waals surface area contributed by atoms with Crippen molar-refractivity contribution in [1.82, 2.24) is 0 Å². The van der Waals surface area contributed by atoms with Gasteiger partial charge in [0.05, 0.1) is 19.1 Å². The third-order valence-electron chi connectivity index (χ3n) is 4.20. The van der Waals surface area contributed by atoms with E-state index in [2.05, 4.69) is 4.99 Å². The van der Waals surface area contributed by atoms with E-state index >= 15 is 0 Å². The number of benzene rings is 2.